The predicted molar refractivity (Wildman–Crippen MR) is 135 cm³/mol. The molecular formula is C21H38IN5O2S. The van der Waals surface area contributed by atoms with Crippen LogP contribution in [-0.4, -0.2) is 60.3 Å². The molecule has 9 heteroatoms. The third-order valence-corrected chi connectivity index (χ3v) is 5.86. The number of aliphatic imine (C=N–C) groups is 1. The number of carbonyl (C=O) groups excluding carboxylic acids is 1. The molecule has 2 N–H and O–H groups in total. The molecule has 1 aliphatic rings. The van der Waals surface area contributed by atoms with E-state index in [1.807, 2.05) is 25.7 Å². The molecule has 0 spiro atoms. The third kappa shape index (κ3) is 9.36. The Kier molecular flexibility index (Phi) is 11.4. The van der Waals surface area contributed by atoms with Crippen LogP contribution in [0.15, 0.2) is 4.99 Å². The van der Waals surface area contributed by atoms with Crippen molar-refractivity contribution in [2.75, 3.05) is 32.7 Å². The van der Waals surface area contributed by atoms with Crippen molar-refractivity contribution in [1.82, 2.24) is 20.5 Å². The number of guanidine groups is 1. The molecule has 1 fully saturated rings. The number of piperidine rings is 1. The summed E-state index contributed by atoms with van der Waals surface area (Å²) in [5, 5.41) is 7.87. The van der Waals surface area contributed by atoms with E-state index >= 15 is 0 Å². The molecule has 1 saturated heterocycles. The standard InChI is InChI=1S/C21H37N5O2S.HI/c1-7-22-19(23-11-10-18-25-15(2)16(3)29-18)24-13-17-9-8-12-26(14-17)20(27)28-21(4,5)6;/h17H,7-14H2,1-6H3,(H2,22,23,24);1H. The fourth-order valence-electron chi connectivity index (χ4n) is 3.20. The predicted octanol–water partition coefficient (Wildman–Crippen LogP) is 4.12. The SMILES string of the molecule is CCNC(=NCC1CCCN(C(=O)OC(C)(C)C)C1)NCCc1nc(C)c(C)s1.I. The van der Waals surface area contributed by atoms with Crippen LogP contribution in [0.5, 0.6) is 0 Å². The maximum atomic E-state index is 12.3. The van der Waals surface area contributed by atoms with Crippen LogP contribution in [0.1, 0.15) is 56.1 Å². The van der Waals surface area contributed by atoms with Crippen molar-refractivity contribution in [1.29, 1.82) is 0 Å². The van der Waals surface area contributed by atoms with Gasteiger partial charge in [-0.2, -0.15) is 0 Å². The number of hydrogen-bond acceptors (Lipinski definition) is 5. The second-order valence-corrected chi connectivity index (χ2v) is 9.87. The Labute approximate surface area is 202 Å². The molecule has 7 nitrogen and oxygen atoms in total. The van der Waals surface area contributed by atoms with Gasteiger partial charge in [0.2, 0.25) is 0 Å². The first-order valence-electron chi connectivity index (χ1n) is 10.6. The minimum atomic E-state index is -0.460. The molecular weight excluding hydrogens is 513 g/mol. The van der Waals surface area contributed by atoms with Gasteiger partial charge in [-0.1, -0.05) is 0 Å². The molecule has 0 bridgehead atoms. The number of rotatable bonds is 6. The van der Waals surface area contributed by atoms with Gasteiger partial charge in [-0.25, -0.2) is 9.78 Å². The summed E-state index contributed by atoms with van der Waals surface area (Å²) in [6.45, 7) is 15.7. The average molecular weight is 552 g/mol. The summed E-state index contributed by atoms with van der Waals surface area (Å²) in [6.07, 6.45) is 2.75. The minimum absolute atomic E-state index is 0. The zero-order valence-electron chi connectivity index (χ0n) is 19.2. The van der Waals surface area contributed by atoms with Crippen molar-refractivity contribution in [3.8, 4) is 0 Å². The summed E-state index contributed by atoms with van der Waals surface area (Å²) in [5.74, 6) is 1.18. The van der Waals surface area contributed by atoms with Crippen LogP contribution in [0, 0.1) is 19.8 Å². The average Bonchev–Trinajstić information content (AvgIpc) is 2.96. The minimum Gasteiger partial charge on any atom is -0.444 e. The van der Waals surface area contributed by atoms with Crippen LogP contribution >= 0.6 is 35.3 Å². The van der Waals surface area contributed by atoms with E-state index in [0.717, 1.165) is 55.6 Å². The molecule has 0 aromatic carbocycles. The van der Waals surface area contributed by atoms with Gasteiger partial charge in [0, 0.05) is 44.0 Å². The van der Waals surface area contributed by atoms with Crippen molar-refractivity contribution >= 4 is 47.4 Å². The number of halogens is 1. The van der Waals surface area contributed by atoms with Crippen molar-refractivity contribution < 1.29 is 9.53 Å². The van der Waals surface area contributed by atoms with E-state index in [1.165, 1.54) is 4.88 Å². The fourth-order valence-corrected chi connectivity index (χ4v) is 4.14. The lowest BCUT2D eigenvalue weighted by Gasteiger charge is -2.33. The van der Waals surface area contributed by atoms with Crippen LogP contribution in [0.4, 0.5) is 4.79 Å². The Morgan fingerprint density at radius 1 is 1.33 bits per heavy atom. The second-order valence-electron chi connectivity index (χ2n) is 8.58. The molecule has 1 aromatic heterocycles. The van der Waals surface area contributed by atoms with E-state index in [2.05, 4.69) is 36.4 Å². The van der Waals surface area contributed by atoms with Gasteiger partial charge in [0.05, 0.1) is 10.7 Å². The Bertz CT molecular complexity index is 683. The number of carbonyl (C=O) groups is 1. The second kappa shape index (κ2) is 12.7. The summed E-state index contributed by atoms with van der Waals surface area (Å²) >= 11 is 1.76. The monoisotopic (exact) mass is 551 g/mol. The molecule has 1 aliphatic heterocycles. The van der Waals surface area contributed by atoms with Gasteiger partial charge in [-0.05, 0) is 60.3 Å². The summed E-state index contributed by atoms with van der Waals surface area (Å²) in [7, 11) is 0. The molecule has 1 atom stereocenters. The lowest BCUT2D eigenvalue weighted by molar-refractivity contribution is 0.0170. The van der Waals surface area contributed by atoms with Crippen LogP contribution in [0.3, 0.4) is 0 Å². The first-order valence-corrected chi connectivity index (χ1v) is 11.4. The molecule has 30 heavy (non-hydrogen) atoms. The highest BCUT2D eigenvalue weighted by atomic mass is 127. The smallest absolute Gasteiger partial charge is 0.410 e. The number of ether oxygens (including phenoxy) is 1. The zero-order valence-corrected chi connectivity index (χ0v) is 22.4. The van der Waals surface area contributed by atoms with Crippen molar-refractivity contribution in [2.24, 2.45) is 10.9 Å². The maximum Gasteiger partial charge on any atom is 0.410 e. The van der Waals surface area contributed by atoms with Crippen LogP contribution in [0.2, 0.25) is 0 Å². The number of nitrogens with zero attached hydrogens (tertiary/aromatic N) is 3. The molecule has 2 heterocycles. The number of nitrogens with one attached hydrogen (secondary N) is 2. The van der Waals surface area contributed by atoms with E-state index in [9.17, 15) is 4.79 Å². The first-order chi connectivity index (χ1) is 13.7. The summed E-state index contributed by atoms with van der Waals surface area (Å²) < 4.78 is 5.52. The van der Waals surface area contributed by atoms with Gasteiger partial charge in [-0.15, -0.1) is 35.3 Å². The third-order valence-electron chi connectivity index (χ3n) is 4.73. The molecule has 0 saturated carbocycles. The highest BCUT2D eigenvalue weighted by Crippen LogP contribution is 2.20. The van der Waals surface area contributed by atoms with Gasteiger partial charge in [0.1, 0.15) is 5.60 Å². The van der Waals surface area contributed by atoms with Gasteiger partial charge >= 0.3 is 6.09 Å². The molecule has 1 aromatic rings. The molecule has 2 rings (SSSR count). The molecule has 1 unspecified atom stereocenters. The van der Waals surface area contributed by atoms with E-state index in [1.54, 1.807) is 11.3 Å². The van der Waals surface area contributed by atoms with Gasteiger partial charge < -0.3 is 20.3 Å². The molecule has 1 amide bonds. The lowest BCUT2D eigenvalue weighted by atomic mass is 9.98. The van der Waals surface area contributed by atoms with Crippen LogP contribution < -0.4 is 10.6 Å². The van der Waals surface area contributed by atoms with Gasteiger partial charge in [0.15, 0.2) is 5.96 Å². The summed E-state index contributed by atoms with van der Waals surface area (Å²) in [4.78, 5) is 24.8. The van der Waals surface area contributed by atoms with Crippen molar-refractivity contribution in [3.63, 3.8) is 0 Å². The number of aromatic nitrogens is 1. The highest BCUT2D eigenvalue weighted by molar-refractivity contribution is 14.0. The van der Waals surface area contributed by atoms with Gasteiger partial charge in [-0.3, -0.25) is 4.99 Å². The Morgan fingerprint density at radius 3 is 2.67 bits per heavy atom. The number of likely N-dealkylation sites (tertiary alicyclic amines) is 1. The number of thiazole rings is 1. The fraction of sp³-hybridized carbons (Fsp3) is 0.762. The van der Waals surface area contributed by atoms with Crippen molar-refractivity contribution in [3.05, 3.63) is 15.6 Å². The maximum absolute atomic E-state index is 12.3. The van der Waals surface area contributed by atoms with E-state index in [0.29, 0.717) is 19.0 Å². The molecule has 0 aliphatic carbocycles. The van der Waals surface area contributed by atoms with Crippen LogP contribution in [0.25, 0.3) is 0 Å². The van der Waals surface area contributed by atoms with Crippen molar-refractivity contribution in [2.45, 2.75) is 66.4 Å². The Balaban J connectivity index is 0.00000450. The van der Waals surface area contributed by atoms with E-state index in [4.69, 9.17) is 9.73 Å². The lowest BCUT2D eigenvalue weighted by Crippen LogP contribution is -2.44. The zero-order chi connectivity index (χ0) is 21.4. The van der Waals surface area contributed by atoms with Crippen LogP contribution in [-0.2, 0) is 11.2 Å². The molecule has 0 radical (unpaired) electrons. The summed E-state index contributed by atoms with van der Waals surface area (Å²) in [5.41, 5.74) is 0.663. The quantitative estimate of drug-likeness (QED) is 0.316. The first kappa shape index (κ1) is 26.9. The number of hydrogen-bond donors (Lipinski definition) is 2. The highest BCUT2D eigenvalue weighted by Gasteiger charge is 2.27. The largest absolute Gasteiger partial charge is 0.444 e. The summed E-state index contributed by atoms with van der Waals surface area (Å²) in [6, 6.07) is 0. The number of amides is 1. The topological polar surface area (TPSA) is 78.9 Å². The normalized spacial score (nSPS) is 17.3. The molecule has 172 valence electrons. The Morgan fingerprint density at radius 2 is 2.07 bits per heavy atom. The number of aryl methyl sites for hydroxylation is 2. The van der Waals surface area contributed by atoms with E-state index in [-0.39, 0.29) is 30.1 Å². The van der Waals surface area contributed by atoms with E-state index < -0.39 is 5.60 Å². The van der Waals surface area contributed by atoms with Gasteiger partial charge in [0.25, 0.3) is 0 Å². The Hall–Kier alpha value is -1.10.